The van der Waals surface area contributed by atoms with Crippen LogP contribution in [0.4, 0.5) is 0 Å². The number of aryl methyl sites for hydroxylation is 1. The molecular formula is C16H18O3. The van der Waals surface area contributed by atoms with E-state index in [1.807, 2.05) is 20.8 Å². The molecule has 0 fully saturated rings. The summed E-state index contributed by atoms with van der Waals surface area (Å²) >= 11 is 0. The topological polar surface area (TPSA) is 54.4 Å². The maximum absolute atomic E-state index is 12.0. The minimum Gasteiger partial charge on any atom is -0.507 e. The molecule has 3 nitrogen and oxygen atoms in total. The number of hydrogen-bond acceptors (Lipinski definition) is 3. The van der Waals surface area contributed by atoms with Crippen molar-refractivity contribution >= 4 is 17.3 Å². The van der Waals surface area contributed by atoms with Crippen LogP contribution >= 0.6 is 0 Å². The molecular weight excluding hydrogens is 240 g/mol. The highest BCUT2D eigenvalue weighted by Gasteiger charge is 2.32. The molecule has 0 heterocycles. The number of Topliss-reactive ketones (excluding diaryl/α,β-unsaturated/α-hetero) is 2. The van der Waals surface area contributed by atoms with Crippen LogP contribution in [0.3, 0.4) is 0 Å². The van der Waals surface area contributed by atoms with E-state index in [2.05, 4.69) is 0 Å². The average Bonchev–Trinajstić information content (AvgIpc) is 2.35. The number of aliphatic hydroxyl groups is 1. The van der Waals surface area contributed by atoms with E-state index >= 15 is 0 Å². The average molecular weight is 258 g/mol. The first-order chi connectivity index (χ1) is 8.91. The van der Waals surface area contributed by atoms with Crippen molar-refractivity contribution in [2.24, 2.45) is 5.92 Å². The Balaban J connectivity index is 2.50. The normalized spacial score (nSPS) is 15.2. The van der Waals surface area contributed by atoms with E-state index in [1.165, 1.54) is 0 Å². The van der Waals surface area contributed by atoms with E-state index in [9.17, 15) is 14.7 Å². The van der Waals surface area contributed by atoms with Gasteiger partial charge in [-0.2, -0.15) is 0 Å². The number of benzene rings is 1. The summed E-state index contributed by atoms with van der Waals surface area (Å²) in [6, 6.07) is 5.14. The molecule has 0 aromatic heterocycles. The maximum Gasteiger partial charge on any atom is 0.234 e. The summed E-state index contributed by atoms with van der Waals surface area (Å²) in [5.41, 5.74) is 2.01. The third-order valence-electron chi connectivity index (χ3n) is 3.41. The van der Waals surface area contributed by atoms with Gasteiger partial charge in [-0.3, -0.25) is 9.59 Å². The first kappa shape index (κ1) is 13.5. The molecule has 0 radical (unpaired) electrons. The van der Waals surface area contributed by atoms with Crippen molar-refractivity contribution in [3.63, 3.8) is 0 Å². The fourth-order valence-electron chi connectivity index (χ4n) is 2.25. The molecule has 1 aromatic rings. The van der Waals surface area contributed by atoms with E-state index in [4.69, 9.17) is 0 Å². The highest BCUT2D eigenvalue weighted by atomic mass is 16.3. The number of ketones is 2. The van der Waals surface area contributed by atoms with Gasteiger partial charge in [0.15, 0.2) is 0 Å². The van der Waals surface area contributed by atoms with Crippen LogP contribution in [0.5, 0.6) is 0 Å². The van der Waals surface area contributed by atoms with Gasteiger partial charge in [-0.1, -0.05) is 25.5 Å². The fraction of sp³-hybridized carbons (Fsp3) is 0.375. The predicted molar refractivity (Wildman–Crippen MR) is 74.1 cm³/mol. The standard InChI is InChI=1S/C16H18O3/c1-9(2)4-6-12-14(17)13-8-10(3)5-7-11(13)15(18)16(12)19/h5,7-9,17H,4,6H2,1-3H3. The van der Waals surface area contributed by atoms with Crippen LogP contribution in [0.2, 0.25) is 0 Å². The lowest BCUT2D eigenvalue weighted by Crippen LogP contribution is -2.24. The number of rotatable bonds is 3. The summed E-state index contributed by atoms with van der Waals surface area (Å²) in [5.74, 6) is -0.674. The van der Waals surface area contributed by atoms with Gasteiger partial charge in [0, 0.05) is 16.7 Å². The van der Waals surface area contributed by atoms with Gasteiger partial charge >= 0.3 is 0 Å². The first-order valence-corrected chi connectivity index (χ1v) is 6.54. The smallest absolute Gasteiger partial charge is 0.234 e. The Morgan fingerprint density at radius 3 is 2.42 bits per heavy atom. The summed E-state index contributed by atoms with van der Waals surface area (Å²) in [6.07, 6.45) is 1.22. The van der Waals surface area contributed by atoms with Gasteiger partial charge in [-0.05, 0) is 37.8 Å². The second-order valence-corrected chi connectivity index (χ2v) is 5.47. The lowest BCUT2D eigenvalue weighted by molar-refractivity contribution is -0.112. The highest BCUT2D eigenvalue weighted by molar-refractivity contribution is 6.52. The zero-order chi connectivity index (χ0) is 14.2. The summed E-state index contributed by atoms with van der Waals surface area (Å²) < 4.78 is 0. The molecule has 0 atom stereocenters. The molecule has 3 heteroatoms. The Hall–Kier alpha value is -1.90. The molecule has 1 aliphatic rings. The SMILES string of the molecule is Cc1ccc2c(c1)C(O)=C(CCC(C)C)C(=O)C2=O. The zero-order valence-corrected chi connectivity index (χ0v) is 11.5. The summed E-state index contributed by atoms with van der Waals surface area (Å²) in [5, 5.41) is 10.3. The van der Waals surface area contributed by atoms with Gasteiger partial charge in [0.05, 0.1) is 0 Å². The lowest BCUT2D eigenvalue weighted by Gasteiger charge is -2.18. The van der Waals surface area contributed by atoms with E-state index < -0.39 is 11.6 Å². The molecule has 0 bridgehead atoms. The second kappa shape index (κ2) is 5.00. The monoisotopic (exact) mass is 258 g/mol. The van der Waals surface area contributed by atoms with Crippen LogP contribution in [-0.4, -0.2) is 16.7 Å². The third-order valence-corrected chi connectivity index (χ3v) is 3.41. The Morgan fingerprint density at radius 1 is 1.11 bits per heavy atom. The molecule has 1 aliphatic carbocycles. The zero-order valence-electron chi connectivity index (χ0n) is 11.5. The molecule has 1 aromatic carbocycles. The number of hydrogen-bond donors (Lipinski definition) is 1. The maximum atomic E-state index is 12.0. The van der Waals surface area contributed by atoms with Gasteiger partial charge in [-0.25, -0.2) is 0 Å². The van der Waals surface area contributed by atoms with Gasteiger partial charge in [-0.15, -0.1) is 0 Å². The lowest BCUT2D eigenvalue weighted by atomic mass is 9.85. The molecule has 0 aliphatic heterocycles. The molecule has 100 valence electrons. The fourth-order valence-corrected chi connectivity index (χ4v) is 2.25. The van der Waals surface area contributed by atoms with Crippen LogP contribution in [0.15, 0.2) is 23.8 Å². The van der Waals surface area contributed by atoms with E-state index in [-0.39, 0.29) is 11.3 Å². The summed E-state index contributed by atoms with van der Waals surface area (Å²) in [7, 11) is 0. The number of aliphatic hydroxyl groups excluding tert-OH is 1. The number of fused-ring (bicyclic) bond motifs is 1. The van der Waals surface area contributed by atoms with Crippen LogP contribution in [0.1, 0.15) is 48.2 Å². The van der Waals surface area contributed by atoms with E-state index in [0.29, 0.717) is 23.5 Å². The van der Waals surface area contributed by atoms with Gasteiger partial charge in [0.2, 0.25) is 11.6 Å². The van der Waals surface area contributed by atoms with Crippen LogP contribution in [-0.2, 0) is 4.79 Å². The Labute approximate surface area is 113 Å². The van der Waals surface area contributed by atoms with Crippen LogP contribution in [0, 0.1) is 12.8 Å². The Kier molecular flexibility index (Phi) is 3.56. The van der Waals surface area contributed by atoms with Gasteiger partial charge in [0.1, 0.15) is 5.76 Å². The third kappa shape index (κ3) is 2.46. The first-order valence-electron chi connectivity index (χ1n) is 6.54. The van der Waals surface area contributed by atoms with Crippen molar-refractivity contribution in [1.29, 1.82) is 0 Å². The highest BCUT2D eigenvalue weighted by Crippen LogP contribution is 2.31. The molecule has 0 unspecified atom stereocenters. The van der Waals surface area contributed by atoms with Crippen LogP contribution in [0.25, 0.3) is 5.76 Å². The molecule has 0 saturated heterocycles. The second-order valence-electron chi connectivity index (χ2n) is 5.47. The molecule has 19 heavy (non-hydrogen) atoms. The predicted octanol–water partition coefficient (Wildman–Crippen LogP) is 3.47. The molecule has 0 saturated carbocycles. The van der Waals surface area contributed by atoms with E-state index in [0.717, 1.165) is 12.0 Å². The Morgan fingerprint density at radius 2 is 1.79 bits per heavy atom. The molecule has 1 N–H and O–H groups in total. The molecule has 0 amide bonds. The minimum absolute atomic E-state index is 0.0241. The molecule has 2 rings (SSSR count). The number of carbonyl (C=O) groups is 2. The summed E-state index contributed by atoms with van der Waals surface area (Å²) in [4.78, 5) is 24.1. The van der Waals surface area contributed by atoms with Crippen molar-refractivity contribution in [1.82, 2.24) is 0 Å². The largest absolute Gasteiger partial charge is 0.507 e. The van der Waals surface area contributed by atoms with Crippen molar-refractivity contribution in [2.75, 3.05) is 0 Å². The quantitative estimate of drug-likeness (QED) is 0.845. The van der Waals surface area contributed by atoms with Crippen molar-refractivity contribution < 1.29 is 14.7 Å². The number of carbonyl (C=O) groups excluding carboxylic acids is 2. The van der Waals surface area contributed by atoms with Crippen molar-refractivity contribution in [3.8, 4) is 0 Å². The van der Waals surface area contributed by atoms with E-state index in [1.54, 1.807) is 18.2 Å². The van der Waals surface area contributed by atoms with Gasteiger partial charge < -0.3 is 5.11 Å². The minimum atomic E-state index is -0.561. The van der Waals surface area contributed by atoms with Crippen LogP contribution < -0.4 is 0 Å². The number of allylic oxidation sites excluding steroid dienone is 1. The van der Waals surface area contributed by atoms with Crippen molar-refractivity contribution in [3.05, 3.63) is 40.5 Å². The van der Waals surface area contributed by atoms with Crippen molar-refractivity contribution in [2.45, 2.75) is 33.6 Å². The summed E-state index contributed by atoms with van der Waals surface area (Å²) in [6.45, 7) is 5.98. The van der Waals surface area contributed by atoms with Gasteiger partial charge in [0.25, 0.3) is 0 Å². The molecule has 0 spiro atoms. The Bertz CT molecular complexity index is 580.